The normalized spacial score (nSPS) is 13.8. The maximum absolute atomic E-state index is 6.50. The number of furan rings is 2. The second kappa shape index (κ2) is 17.6. The first-order valence-electron chi connectivity index (χ1n) is 26.1. The highest BCUT2D eigenvalue weighted by molar-refractivity contribution is 6.11. The van der Waals surface area contributed by atoms with Gasteiger partial charge in [0.2, 0.25) is 0 Å². The lowest BCUT2D eigenvalue weighted by atomic mass is 9.67. The maximum Gasteiger partial charge on any atom is 0.143 e. The molecule has 0 saturated heterocycles. The molecule has 0 amide bonds. The number of para-hydroxylation sites is 4. The molecule has 14 aromatic rings. The van der Waals surface area contributed by atoms with Gasteiger partial charge in [-0.3, -0.25) is 0 Å². The third kappa shape index (κ3) is 6.83. The van der Waals surface area contributed by atoms with Crippen molar-refractivity contribution < 1.29 is 8.83 Å². The van der Waals surface area contributed by atoms with Crippen molar-refractivity contribution >= 4 is 60.9 Å². The molecule has 0 aliphatic heterocycles. The van der Waals surface area contributed by atoms with E-state index in [4.69, 9.17) is 8.83 Å². The van der Waals surface area contributed by atoms with Gasteiger partial charge in [0.05, 0.1) is 5.41 Å². The van der Waals surface area contributed by atoms with Gasteiger partial charge in [-0.25, -0.2) is 0 Å². The minimum Gasteiger partial charge on any atom is -0.455 e. The minimum atomic E-state index is -0.547. The van der Waals surface area contributed by atoms with Crippen LogP contribution in [0.15, 0.2) is 294 Å². The lowest BCUT2D eigenvalue weighted by molar-refractivity contribution is 0.669. The monoisotopic (exact) mass is 969 g/mol. The van der Waals surface area contributed by atoms with Crippen molar-refractivity contribution in [2.75, 3.05) is 4.90 Å². The van der Waals surface area contributed by atoms with Gasteiger partial charge in [0, 0.05) is 49.7 Å². The van der Waals surface area contributed by atoms with Crippen LogP contribution >= 0.6 is 0 Å². The molecule has 2 aromatic heterocycles. The Labute approximate surface area is 440 Å². The van der Waals surface area contributed by atoms with Gasteiger partial charge in [-0.1, -0.05) is 231 Å². The Bertz CT molecular complexity index is 4340. The Balaban J connectivity index is 0.856. The van der Waals surface area contributed by atoms with E-state index in [0.29, 0.717) is 0 Å². The van der Waals surface area contributed by atoms with Crippen molar-refractivity contribution in [3.63, 3.8) is 0 Å². The number of rotatable bonds is 9. The summed E-state index contributed by atoms with van der Waals surface area (Å²) in [6, 6.07) is 103. The summed E-state index contributed by atoms with van der Waals surface area (Å²) in [6.07, 6.45) is 0. The number of benzene rings is 12. The maximum atomic E-state index is 6.50. The number of hydrogen-bond donors (Lipinski definition) is 0. The van der Waals surface area contributed by atoms with Crippen molar-refractivity contribution in [2.24, 2.45) is 0 Å². The first kappa shape index (κ1) is 43.6. The molecule has 0 spiro atoms. The number of nitrogens with zero attached hydrogens (tertiary/aromatic N) is 1. The van der Waals surface area contributed by atoms with E-state index in [1.54, 1.807) is 0 Å². The van der Waals surface area contributed by atoms with E-state index in [2.05, 4.69) is 266 Å². The molecule has 1 atom stereocenters. The van der Waals surface area contributed by atoms with Gasteiger partial charge in [0.1, 0.15) is 22.3 Å². The van der Waals surface area contributed by atoms with Crippen LogP contribution in [0, 0.1) is 0 Å². The molecular weight excluding hydrogens is 923 g/mol. The molecule has 15 rings (SSSR count). The Kier molecular flexibility index (Phi) is 10.1. The zero-order valence-electron chi connectivity index (χ0n) is 41.4. The third-order valence-corrected chi connectivity index (χ3v) is 15.8. The van der Waals surface area contributed by atoms with E-state index in [1.165, 1.54) is 50.1 Å². The van der Waals surface area contributed by atoms with Crippen LogP contribution in [0.25, 0.3) is 99.5 Å². The van der Waals surface area contributed by atoms with E-state index in [1.807, 2.05) is 24.3 Å². The quantitative estimate of drug-likeness (QED) is 0.144. The predicted molar refractivity (Wildman–Crippen MR) is 315 cm³/mol. The summed E-state index contributed by atoms with van der Waals surface area (Å²) < 4.78 is 13.0. The highest BCUT2D eigenvalue weighted by Gasteiger charge is 2.47. The summed E-state index contributed by atoms with van der Waals surface area (Å²) in [5, 5.41) is 4.49. The van der Waals surface area contributed by atoms with E-state index < -0.39 is 5.41 Å². The van der Waals surface area contributed by atoms with Crippen LogP contribution in [-0.2, 0) is 5.41 Å². The number of fused-ring (bicyclic) bond motifs is 9. The smallest absolute Gasteiger partial charge is 0.143 e. The van der Waals surface area contributed by atoms with E-state index in [-0.39, 0.29) is 0 Å². The lowest BCUT2D eigenvalue weighted by Crippen LogP contribution is -2.28. The van der Waals surface area contributed by atoms with Gasteiger partial charge in [0.25, 0.3) is 0 Å². The molecule has 12 aromatic carbocycles. The molecule has 0 fully saturated rings. The average Bonchev–Trinajstić information content (AvgIpc) is 4.22. The van der Waals surface area contributed by atoms with Crippen LogP contribution in [0.4, 0.5) is 17.1 Å². The predicted octanol–water partition coefficient (Wildman–Crippen LogP) is 20.0. The van der Waals surface area contributed by atoms with E-state index in [9.17, 15) is 0 Å². The molecule has 3 nitrogen and oxygen atoms in total. The minimum absolute atomic E-state index is 0.547. The van der Waals surface area contributed by atoms with Gasteiger partial charge in [-0.05, 0) is 121 Å². The van der Waals surface area contributed by atoms with Crippen LogP contribution < -0.4 is 4.90 Å². The Morgan fingerprint density at radius 1 is 0.263 bits per heavy atom. The number of hydrogen-bond acceptors (Lipinski definition) is 3. The van der Waals surface area contributed by atoms with Crippen molar-refractivity contribution in [3.8, 4) is 55.6 Å². The van der Waals surface area contributed by atoms with Gasteiger partial charge in [-0.2, -0.15) is 0 Å². The average molecular weight is 970 g/mol. The molecule has 2 heterocycles. The summed E-state index contributed by atoms with van der Waals surface area (Å²) in [7, 11) is 0. The van der Waals surface area contributed by atoms with Crippen molar-refractivity contribution in [1.82, 2.24) is 0 Å². The van der Waals surface area contributed by atoms with Crippen molar-refractivity contribution in [1.29, 1.82) is 0 Å². The molecule has 0 saturated carbocycles. The first-order chi connectivity index (χ1) is 37.7. The zero-order chi connectivity index (χ0) is 50.2. The fourth-order valence-electron chi connectivity index (χ4n) is 12.4. The Morgan fingerprint density at radius 3 is 1.26 bits per heavy atom. The molecule has 1 unspecified atom stereocenters. The van der Waals surface area contributed by atoms with Crippen LogP contribution in [0.5, 0.6) is 0 Å². The largest absolute Gasteiger partial charge is 0.455 e. The molecule has 0 bridgehead atoms. The zero-order valence-corrected chi connectivity index (χ0v) is 41.4. The summed E-state index contributed by atoms with van der Waals surface area (Å²) in [6.45, 7) is 0. The molecule has 0 N–H and O–H groups in total. The van der Waals surface area contributed by atoms with Gasteiger partial charge in [-0.15, -0.1) is 0 Å². The summed E-state index contributed by atoms with van der Waals surface area (Å²) in [5.41, 5.74) is 22.8. The fraction of sp³-hybridized carbons (Fsp3) is 0.0137. The second-order valence-corrected chi connectivity index (χ2v) is 19.9. The highest BCUT2D eigenvalue weighted by atomic mass is 16.3. The molecule has 76 heavy (non-hydrogen) atoms. The Morgan fingerprint density at radius 2 is 0.671 bits per heavy atom. The van der Waals surface area contributed by atoms with Crippen molar-refractivity contribution in [3.05, 3.63) is 307 Å². The fourth-order valence-corrected chi connectivity index (χ4v) is 12.4. The molecule has 356 valence electrons. The van der Waals surface area contributed by atoms with Crippen LogP contribution in [0.1, 0.15) is 22.3 Å². The second-order valence-electron chi connectivity index (χ2n) is 19.9. The van der Waals surface area contributed by atoms with Gasteiger partial charge in [0.15, 0.2) is 0 Å². The van der Waals surface area contributed by atoms with Crippen LogP contribution in [0.3, 0.4) is 0 Å². The molecule has 1 aliphatic rings. The van der Waals surface area contributed by atoms with E-state index >= 15 is 0 Å². The van der Waals surface area contributed by atoms with Gasteiger partial charge < -0.3 is 13.7 Å². The molecule has 0 radical (unpaired) electrons. The Hall–Kier alpha value is -9.96. The van der Waals surface area contributed by atoms with Crippen LogP contribution in [-0.4, -0.2) is 0 Å². The first-order valence-corrected chi connectivity index (χ1v) is 26.1. The highest BCUT2D eigenvalue weighted by Crippen LogP contribution is 2.58. The molecule has 3 heteroatoms. The SMILES string of the molecule is c1ccc(-c2cccc(C3(c4ccccc4)c4ccccc4-c4c(-c5ccc(N(c6ccc(-c7cccc8c7oc7ccccc78)cc6)c6ccc(-c7cccc8c7oc7ccccc78)cc6)cc5)cccc43)c2)cc1. The van der Waals surface area contributed by atoms with E-state index in [0.717, 1.165) is 88.8 Å². The summed E-state index contributed by atoms with van der Waals surface area (Å²) >= 11 is 0. The summed E-state index contributed by atoms with van der Waals surface area (Å²) in [4.78, 5) is 2.35. The topological polar surface area (TPSA) is 29.5 Å². The third-order valence-electron chi connectivity index (χ3n) is 15.8. The molecule has 1 aliphatic carbocycles. The summed E-state index contributed by atoms with van der Waals surface area (Å²) in [5.74, 6) is 0. The van der Waals surface area contributed by atoms with Crippen LogP contribution in [0.2, 0.25) is 0 Å². The lowest BCUT2D eigenvalue weighted by Gasteiger charge is -2.34. The van der Waals surface area contributed by atoms with Crippen molar-refractivity contribution in [2.45, 2.75) is 5.41 Å². The standard InChI is InChI=1S/C73H47NO2/c1-3-17-48(18-4-1)52-19-13-22-54(47-52)73(53-20-5-2-6-21-53)66-31-10-7-25-65(66)70-58(26-16-32-67(70)73)49-35-41-55(42-36-49)74(56-43-37-50(38-44-56)59-27-14-29-63-61-23-8-11-33-68(61)75-71(59)63)57-45-39-51(40-46-57)60-28-15-30-64-62-24-9-12-34-69(62)76-72(60)64/h1-47H. The van der Waals surface area contributed by atoms with Gasteiger partial charge >= 0.3 is 0 Å². The number of anilines is 3. The molecular formula is C73H47NO2.